The Labute approximate surface area is 168 Å². The summed E-state index contributed by atoms with van der Waals surface area (Å²) in [4.78, 5) is 4.36. The third kappa shape index (κ3) is 4.16. The Bertz CT molecular complexity index is 1010. The van der Waals surface area contributed by atoms with Crippen molar-refractivity contribution in [3.05, 3.63) is 64.1 Å². The van der Waals surface area contributed by atoms with Crippen molar-refractivity contribution >= 4 is 29.0 Å². The second kappa shape index (κ2) is 8.30. The largest absolute Gasteiger partial charge is 0.494 e. The summed E-state index contributed by atoms with van der Waals surface area (Å²) in [7, 11) is 0. The van der Waals surface area contributed by atoms with Gasteiger partial charge in [-0.25, -0.2) is 4.98 Å². The lowest BCUT2D eigenvalue weighted by Gasteiger charge is -2.11. The van der Waals surface area contributed by atoms with E-state index in [1.54, 1.807) is 12.1 Å². The maximum Gasteiger partial charge on any atom is 0.142 e. The number of benzene rings is 2. The highest BCUT2D eigenvalue weighted by molar-refractivity contribution is 6.42. The molecule has 136 valence electrons. The number of hydrogen-bond donors (Lipinski definition) is 1. The zero-order valence-corrected chi connectivity index (χ0v) is 16.2. The number of rotatable bonds is 5. The number of anilines is 1. The van der Waals surface area contributed by atoms with Crippen molar-refractivity contribution < 1.29 is 4.74 Å². The van der Waals surface area contributed by atoms with Gasteiger partial charge in [0.15, 0.2) is 0 Å². The van der Waals surface area contributed by atoms with Crippen LogP contribution in [0.5, 0.6) is 5.75 Å². The van der Waals surface area contributed by atoms with Crippen LogP contribution in [0.4, 0.5) is 5.82 Å². The molecule has 1 aromatic heterocycles. The fourth-order valence-corrected chi connectivity index (χ4v) is 2.96. The van der Waals surface area contributed by atoms with E-state index < -0.39 is 0 Å². The minimum absolute atomic E-state index is 0.169. The van der Waals surface area contributed by atoms with Crippen LogP contribution in [0.3, 0.4) is 0 Å². The van der Waals surface area contributed by atoms with Gasteiger partial charge in [-0.05, 0) is 42.3 Å². The van der Waals surface area contributed by atoms with E-state index >= 15 is 0 Å². The van der Waals surface area contributed by atoms with Crippen molar-refractivity contribution in [2.24, 2.45) is 0 Å². The molecule has 0 saturated heterocycles. The summed E-state index contributed by atoms with van der Waals surface area (Å²) in [5.74, 6) is 0.952. The standard InChI is InChI=1S/C21H17Cl2N3O/c1-2-9-27-15-6-3-13(4-7-15)16-11-20(26-21(25)17(16)12-24)14-5-8-18(22)19(23)10-14/h3-8,10-11H,2,9H2,1H3,(H2,25,26). The lowest BCUT2D eigenvalue weighted by molar-refractivity contribution is 0.317. The van der Waals surface area contributed by atoms with E-state index in [9.17, 15) is 5.26 Å². The van der Waals surface area contributed by atoms with Crippen LogP contribution in [-0.2, 0) is 0 Å². The quantitative estimate of drug-likeness (QED) is 0.575. The Morgan fingerprint density at radius 3 is 2.37 bits per heavy atom. The molecule has 0 fully saturated rings. The molecule has 2 aromatic carbocycles. The summed E-state index contributed by atoms with van der Waals surface area (Å²) in [5.41, 5.74) is 9.33. The number of halogens is 2. The van der Waals surface area contributed by atoms with Gasteiger partial charge in [0.2, 0.25) is 0 Å². The number of hydrogen-bond acceptors (Lipinski definition) is 4. The molecular formula is C21H17Cl2N3O. The van der Waals surface area contributed by atoms with E-state index in [-0.39, 0.29) is 5.82 Å². The molecule has 0 radical (unpaired) electrons. The molecule has 1 heterocycles. The van der Waals surface area contributed by atoms with Gasteiger partial charge in [0.05, 0.1) is 22.3 Å². The van der Waals surface area contributed by atoms with Crippen LogP contribution in [0.15, 0.2) is 48.5 Å². The van der Waals surface area contributed by atoms with Crippen molar-refractivity contribution in [1.29, 1.82) is 5.26 Å². The van der Waals surface area contributed by atoms with Crippen LogP contribution in [0.25, 0.3) is 22.4 Å². The van der Waals surface area contributed by atoms with Crippen molar-refractivity contribution in [3.63, 3.8) is 0 Å². The molecule has 0 unspecified atom stereocenters. The molecule has 6 heteroatoms. The zero-order chi connectivity index (χ0) is 19.4. The zero-order valence-electron chi connectivity index (χ0n) is 14.7. The van der Waals surface area contributed by atoms with Gasteiger partial charge in [-0.15, -0.1) is 0 Å². The molecule has 3 aromatic rings. The monoisotopic (exact) mass is 397 g/mol. The Hall–Kier alpha value is -2.74. The summed E-state index contributed by atoms with van der Waals surface area (Å²) in [6.45, 7) is 2.71. The highest BCUT2D eigenvalue weighted by Gasteiger charge is 2.14. The molecule has 0 amide bonds. The fraction of sp³-hybridized carbons (Fsp3) is 0.143. The van der Waals surface area contributed by atoms with E-state index in [1.165, 1.54) is 0 Å². The topological polar surface area (TPSA) is 71.9 Å². The third-order valence-corrected chi connectivity index (χ3v) is 4.75. The number of aromatic nitrogens is 1. The van der Waals surface area contributed by atoms with Crippen LogP contribution in [0.2, 0.25) is 10.0 Å². The predicted octanol–water partition coefficient (Wildman–Crippen LogP) is 5.97. The molecule has 2 N–H and O–H groups in total. The minimum atomic E-state index is 0.169. The maximum absolute atomic E-state index is 9.54. The van der Waals surface area contributed by atoms with Crippen molar-refractivity contribution in [3.8, 4) is 34.2 Å². The molecule has 3 rings (SSSR count). The van der Waals surface area contributed by atoms with Gasteiger partial charge in [-0.3, -0.25) is 0 Å². The van der Waals surface area contributed by atoms with Crippen LogP contribution >= 0.6 is 23.2 Å². The minimum Gasteiger partial charge on any atom is -0.494 e. The first-order valence-corrected chi connectivity index (χ1v) is 9.18. The van der Waals surface area contributed by atoms with E-state index in [0.717, 1.165) is 23.3 Å². The first-order valence-electron chi connectivity index (χ1n) is 8.42. The molecule has 0 aliphatic heterocycles. The first kappa shape index (κ1) is 19.0. The number of nitriles is 1. The molecule has 0 spiro atoms. The van der Waals surface area contributed by atoms with Crippen molar-refractivity contribution in [2.45, 2.75) is 13.3 Å². The van der Waals surface area contributed by atoms with Crippen molar-refractivity contribution in [2.75, 3.05) is 12.3 Å². The Morgan fingerprint density at radius 2 is 1.74 bits per heavy atom. The Morgan fingerprint density at radius 1 is 1.04 bits per heavy atom. The summed E-state index contributed by atoms with van der Waals surface area (Å²) < 4.78 is 5.61. The van der Waals surface area contributed by atoms with Crippen LogP contribution in [0, 0.1) is 11.3 Å². The second-order valence-electron chi connectivity index (χ2n) is 5.93. The average molecular weight is 398 g/mol. The molecule has 0 atom stereocenters. The predicted molar refractivity (Wildman–Crippen MR) is 110 cm³/mol. The Kier molecular flexibility index (Phi) is 5.85. The van der Waals surface area contributed by atoms with E-state index in [4.69, 9.17) is 33.7 Å². The number of nitrogens with zero attached hydrogens (tertiary/aromatic N) is 2. The van der Waals surface area contributed by atoms with Gasteiger partial charge in [0.25, 0.3) is 0 Å². The highest BCUT2D eigenvalue weighted by Crippen LogP contribution is 2.34. The van der Waals surface area contributed by atoms with Crippen LogP contribution < -0.4 is 10.5 Å². The fourth-order valence-electron chi connectivity index (χ4n) is 2.66. The van der Waals surface area contributed by atoms with E-state index in [1.807, 2.05) is 36.4 Å². The summed E-state index contributed by atoms with van der Waals surface area (Å²) in [5, 5.41) is 10.4. The van der Waals surface area contributed by atoms with E-state index in [0.29, 0.717) is 33.5 Å². The second-order valence-corrected chi connectivity index (χ2v) is 6.74. The van der Waals surface area contributed by atoms with E-state index in [2.05, 4.69) is 18.0 Å². The van der Waals surface area contributed by atoms with Crippen LogP contribution in [0.1, 0.15) is 18.9 Å². The first-order chi connectivity index (χ1) is 13.0. The number of pyridine rings is 1. The third-order valence-electron chi connectivity index (χ3n) is 4.01. The molecule has 27 heavy (non-hydrogen) atoms. The smallest absolute Gasteiger partial charge is 0.142 e. The molecule has 0 aliphatic carbocycles. The average Bonchev–Trinajstić information content (AvgIpc) is 2.68. The molecular weight excluding hydrogens is 381 g/mol. The normalized spacial score (nSPS) is 10.4. The Balaban J connectivity index is 2.07. The lowest BCUT2D eigenvalue weighted by atomic mass is 9.98. The van der Waals surface area contributed by atoms with Gasteiger partial charge in [0, 0.05) is 11.1 Å². The summed E-state index contributed by atoms with van der Waals surface area (Å²) in [6.07, 6.45) is 0.939. The molecule has 0 saturated carbocycles. The molecule has 0 bridgehead atoms. The van der Waals surface area contributed by atoms with Gasteiger partial charge >= 0.3 is 0 Å². The van der Waals surface area contributed by atoms with Crippen LogP contribution in [-0.4, -0.2) is 11.6 Å². The maximum atomic E-state index is 9.54. The highest BCUT2D eigenvalue weighted by atomic mass is 35.5. The van der Waals surface area contributed by atoms with Gasteiger partial charge in [-0.2, -0.15) is 5.26 Å². The molecule has 4 nitrogen and oxygen atoms in total. The number of ether oxygens (including phenoxy) is 1. The number of nitrogen functional groups attached to an aromatic ring is 1. The van der Waals surface area contributed by atoms with Gasteiger partial charge in [-0.1, -0.05) is 48.3 Å². The summed E-state index contributed by atoms with van der Waals surface area (Å²) in [6, 6.07) is 16.8. The van der Waals surface area contributed by atoms with Crippen molar-refractivity contribution in [1.82, 2.24) is 4.98 Å². The van der Waals surface area contributed by atoms with Gasteiger partial charge < -0.3 is 10.5 Å². The van der Waals surface area contributed by atoms with Gasteiger partial charge in [0.1, 0.15) is 23.2 Å². The SMILES string of the molecule is CCCOc1ccc(-c2cc(-c3ccc(Cl)c(Cl)c3)nc(N)c2C#N)cc1. The lowest BCUT2D eigenvalue weighted by Crippen LogP contribution is -2.00. The number of nitrogens with two attached hydrogens (primary N) is 1. The summed E-state index contributed by atoms with van der Waals surface area (Å²) >= 11 is 12.1. The molecule has 0 aliphatic rings.